The summed E-state index contributed by atoms with van der Waals surface area (Å²) in [6.07, 6.45) is 3.90. The van der Waals surface area contributed by atoms with Gasteiger partial charge in [-0.3, -0.25) is 4.79 Å². The molecule has 0 aliphatic carbocycles. The fourth-order valence-electron chi connectivity index (χ4n) is 1.62. The van der Waals surface area contributed by atoms with Crippen molar-refractivity contribution in [1.82, 2.24) is 5.32 Å². The van der Waals surface area contributed by atoms with Crippen LogP contribution in [0.3, 0.4) is 0 Å². The van der Waals surface area contributed by atoms with Crippen molar-refractivity contribution in [2.75, 3.05) is 0 Å². The van der Waals surface area contributed by atoms with Crippen LogP contribution in [0.5, 0.6) is 0 Å². The Labute approximate surface area is 93.8 Å². The van der Waals surface area contributed by atoms with E-state index in [-0.39, 0.29) is 18.0 Å². The van der Waals surface area contributed by atoms with Crippen molar-refractivity contribution < 1.29 is 4.79 Å². The summed E-state index contributed by atoms with van der Waals surface area (Å²) in [4.78, 5) is 11.6. The maximum atomic E-state index is 11.6. The van der Waals surface area contributed by atoms with Gasteiger partial charge in [-0.15, -0.1) is 0 Å². The second kappa shape index (κ2) is 7.69. The number of nitrogens with two attached hydrogens (primary N) is 1. The first-order valence-corrected chi connectivity index (χ1v) is 6.07. The Morgan fingerprint density at radius 1 is 1.33 bits per heavy atom. The second-order valence-electron chi connectivity index (χ2n) is 4.55. The van der Waals surface area contributed by atoms with Crippen LogP contribution in [0.15, 0.2) is 0 Å². The first-order valence-electron chi connectivity index (χ1n) is 6.07. The van der Waals surface area contributed by atoms with Crippen LogP contribution in [0, 0.1) is 5.92 Å². The van der Waals surface area contributed by atoms with E-state index >= 15 is 0 Å². The summed E-state index contributed by atoms with van der Waals surface area (Å²) in [5.74, 6) is 0.648. The predicted octanol–water partition coefficient (Wildman–Crippen LogP) is 2.05. The van der Waals surface area contributed by atoms with Gasteiger partial charge in [-0.05, 0) is 25.7 Å². The average Bonchev–Trinajstić information content (AvgIpc) is 2.17. The van der Waals surface area contributed by atoms with Crippen LogP contribution in [-0.4, -0.2) is 18.0 Å². The molecule has 3 heteroatoms. The molecule has 0 fully saturated rings. The summed E-state index contributed by atoms with van der Waals surface area (Å²) in [6.45, 7) is 8.45. The van der Waals surface area contributed by atoms with E-state index in [2.05, 4.69) is 19.2 Å². The molecule has 0 rings (SSSR count). The van der Waals surface area contributed by atoms with E-state index in [1.165, 1.54) is 0 Å². The molecular formula is C12H26N2O. The van der Waals surface area contributed by atoms with Crippen molar-refractivity contribution in [1.29, 1.82) is 0 Å². The lowest BCUT2D eigenvalue weighted by Gasteiger charge is -2.19. The summed E-state index contributed by atoms with van der Waals surface area (Å²) in [7, 11) is 0. The number of nitrogens with one attached hydrogen (secondary N) is 1. The van der Waals surface area contributed by atoms with Crippen molar-refractivity contribution in [3.8, 4) is 0 Å². The van der Waals surface area contributed by atoms with Crippen LogP contribution in [0.4, 0.5) is 0 Å². The molecule has 0 aliphatic rings. The summed E-state index contributed by atoms with van der Waals surface area (Å²) in [6, 6.07) is -0.107. The van der Waals surface area contributed by atoms with Gasteiger partial charge in [0.1, 0.15) is 0 Å². The van der Waals surface area contributed by atoms with Crippen LogP contribution in [0.2, 0.25) is 0 Å². The highest BCUT2D eigenvalue weighted by Crippen LogP contribution is 2.09. The fourth-order valence-corrected chi connectivity index (χ4v) is 1.62. The average molecular weight is 214 g/mol. The van der Waals surface area contributed by atoms with E-state index in [4.69, 9.17) is 5.73 Å². The zero-order chi connectivity index (χ0) is 11.8. The third-order valence-electron chi connectivity index (χ3n) is 2.78. The lowest BCUT2D eigenvalue weighted by atomic mass is 10.00. The van der Waals surface area contributed by atoms with Crippen LogP contribution in [-0.2, 0) is 4.79 Å². The Morgan fingerprint density at radius 2 is 1.93 bits per heavy atom. The predicted molar refractivity (Wildman–Crippen MR) is 64.6 cm³/mol. The molecule has 3 N–H and O–H groups in total. The summed E-state index contributed by atoms with van der Waals surface area (Å²) in [5.41, 5.74) is 5.73. The van der Waals surface area contributed by atoms with E-state index < -0.39 is 0 Å². The van der Waals surface area contributed by atoms with Crippen molar-refractivity contribution in [3.05, 3.63) is 0 Å². The van der Waals surface area contributed by atoms with Gasteiger partial charge in [0, 0.05) is 6.04 Å². The SMILES string of the molecule is CCC[C@H](N)C(=O)NC(C)CC(C)CC. The first kappa shape index (κ1) is 14.4. The number of carbonyl (C=O) groups excluding carboxylic acids is 1. The first-order chi connectivity index (χ1) is 7.01. The molecule has 0 aromatic heterocycles. The molecule has 0 aliphatic heterocycles. The minimum Gasteiger partial charge on any atom is -0.352 e. The van der Waals surface area contributed by atoms with Crippen LogP contribution >= 0.6 is 0 Å². The monoisotopic (exact) mass is 214 g/mol. The molecule has 0 aromatic rings. The van der Waals surface area contributed by atoms with Crippen LogP contribution in [0.25, 0.3) is 0 Å². The molecule has 0 radical (unpaired) electrons. The minimum atomic E-state index is -0.339. The Balaban J connectivity index is 3.84. The lowest BCUT2D eigenvalue weighted by molar-refractivity contribution is -0.123. The Bertz CT molecular complexity index is 182. The van der Waals surface area contributed by atoms with Crippen molar-refractivity contribution in [2.24, 2.45) is 11.7 Å². The summed E-state index contributed by atoms with van der Waals surface area (Å²) < 4.78 is 0. The van der Waals surface area contributed by atoms with Gasteiger partial charge in [0.25, 0.3) is 0 Å². The highest BCUT2D eigenvalue weighted by molar-refractivity contribution is 5.81. The molecule has 15 heavy (non-hydrogen) atoms. The van der Waals surface area contributed by atoms with Gasteiger partial charge < -0.3 is 11.1 Å². The molecule has 0 spiro atoms. The highest BCUT2D eigenvalue weighted by Gasteiger charge is 2.15. The Kier molecular flexibility index (Phi) is 7.39. The third-order valence-corrected chi connectivity index (χ3v) is 2.78. The van der Waals surface area contributed by atoms with E-state index in [0.717, 1.165) is 25.7 Å². The molecule has 0 heterocycles. The van der Waals surface area contributed by atoms with E-state index in [0.29, 0.717) is 5.92 Å². The molecule has 1 amide bonds. The molecule has 2 unspecified atom stereocenters. The molecule has 90 valence electrons. The topological polar surface area (TPSA) is 55.1 Å². The molecule has 0 aromatic carbocycles. The van der Waals surface area contributed by atoms with Crippen molar-refractivity contribution >= 4 is 5.91 Å². The van der Waals surface area contributed by atoms with Gasteiger partial charge in [0.2, 0.25) is 5.91 Å². The number of rotatable bonds is 7. The number of amides is 1. The van der Waals surface area contributed by atoms with Crippen LogP contribution in [0.1, 0.15) is 53.4 Å². The van der Waals surface area contributed by atoms with Crippen molar-refractivity contribution in [2.45, 2.75) is 65.5 Å². The summed E-state index contributed by atoms with van der Waals surface area (Å²) in [5, 5.41) is 2.97. The quantitative estimate of drug-likeness (QED) is 0.681. The van der Waals surface area contributed by atoms with Crippen molar-refractivity contribution in [3.63, 3.8) is 0 Å². The molecule has 0 saturated carbocycles. The van der Waals surface area contributed by atoms with E-state index in [1.807, 2.05) is 13.8 Å². The number of hydrogen-bond acceptors (Lipinski definition) is 2. The molecular weight excluding hydrogens is 188 g/mol. The molecule has 0 saturated heterocycles. The zero-order valence-electron chi connectivity index (χ0n) is 10.5. The normalized spacial score (nSPS) is 16.9. The second-order valence-corrected chi connectivity index (χ2v) is 4.55. The highest BCUT2D eigenvalue weighted by atomic mass is 16.2. The van der Waals surface area contributed by atoms with Gasteiger partial charge in [0.15, 0.2) is 0 Å². The van der Waals surface area contributed by atoms with Gasteiger partial charge >= 0.3 is 0 Å². The zero-order valence-corrected chi connectivity index (χ0v) is 10.5. The maximum absolute atomic E-state index is 11.6. The maximum Gasteiger partial charge on any atom is 0.237 e. The number of carbonyl (C=O) groups is 1. The minimum absolute atomic E-state index is 0.00680. The van der Waals surface area contributed by atoms with Gasteiger partial charge in [-0.2, -0.15) is 0 Å². The molecule has 3 nitrogen and oxygen atoms in total. The van der Waals surface area contributed by atoms with E-state index in [9.17, 15) is 4.79 Å². The van der Waals surface area contributed by atoms with Crippen LogP contribution < -0.4 is 11.1 Å². The molecule has 0 bridgehead atoms. The lowest BCUT2D eigenvalue weighted by Crippen LogP contribution is -2.44. The smallest absolute Gasteiger partial charge is 0.237 e. The Hall–Kier alpha value is -0.570. The summed E-state index contributed by atoms with van der Waals surface area (Å²) >= 11 is 0. The standard InChI is InChI=1S/C12H26N2O/c1-5-7-11(13)12(15)14-10(4)8-9(3)6-2/h9-11H,5-8,13H2,1-4H3,(H,14,15)/t9?,10?,11-/m0/s1. The van der Waals surface area contributed by atoms with E-state index in [1.54, 1.807) is 0 Å². The van der Waals surface area contributed by atoms with Gasteiger partial charge in [-0.1, -0.05) is 33.6 Å². The third kappa shape index (κ3) is 6.50. The Morgan fingerprint density at radius 3 is 2.40 bits per heavy atom. The number of hydrogen-bond donors (Lipinski definition) is 2. The van der Waals surface area contributed by atoms with Gasteiger partial charge in [0.05, 0.1) is 6.04 Å². The largest absolute Gasteiger partial charge is 0.352 e. The molecule has 3 atom stereocenters. The van der Waals surface area contributed by atoms with Gasteiger partial charge in [-0.25, -0.2) is 0 Å². The fraction of sp³-hybridized carbons (Fsp3) is 0.917.